The predicted molar refractivity (Wildman–Crippen MR) is 57.7 cm³/mol. The van der Waals surface area contributed by atoms with E-state index in [1.165, 1.54) is 29.2 Å². The number of hydrogen-bond donors (Lipinski definition) is 0. The molecule has 0 N–H and O–H groups in total. The topological polar surface area (TPSA) is 83.7 Å². The van der Waals surface area contributed by atoms with Gasteiger partial charge in [0.2, 0.25) is 0 Å². The molecule has 0 radical (unpaired) electrons. The number of aromatic nitrogens is 2. The van der Waals surface area contributed by atoms with Crippen molar-refractivity contribution in [2.75, 3.05) is 0 Å². The van der Waals surface area contributed by atoms with Crippen molar-refractivity contribution < 1.29 is 9.18 Å². The number of halogens is 1. The Balaban J connectivity index is 2.45. The fraction of sp³-hybridized carbons (Fsp3) is 0. The van der Waals surface area contributed by atoms with Gasteiger partial charge in [-0.1, -0.05) is 11.2 Å². The molecule has 17 heavy (non-hydrogen) atoms. The average molecular weight is 231 g/mol. The Morgan fingerprint density at radius 1 is 1.53 bits per heavy atom. The van der Waals surface area contributed by atoms with Gasteiger partial charge in [0.25, 0.3) is 0 Å². The first kappa shape index (κ1) is 10.8. The molecule has 2 aromatic rings. The number of imidazole rings is 1. The molecule has 0 spiro atoms. The first-order chi connectivity index (χ1) is 8.24. The molecule has 0 atom stereocenters. The zero-order valence-corrected chi connectivity index (χ0v) is 8.49. The van der Waals surface area contributed by atoms with E-state index in [9.17, 15) is 9.18 Å². The van der Waals surface area contributed by atoms with E-state index in [0.717, 1.165) is 6.07 Å². The molecular formula is C10H6FN5O. The Labute approximate surface area is 95.0 Å². The molecule has 1 heterocycles. The number of benzene rings is 1. The summed E-state index contributed by atoms with van der Waals surface area (Å²) in [7, 11) is 0. The van der Waals surface area contributed by atoms with Gasteiger partial charge in [-0.05, 0) is 17.7 Å². The third-order valence-electron chi connectivity index (χ3n) is 2.09. The minimum atomic E-state index is -0.565. The number of azide groups is 1. The van der Waals surface area contributed by atoms with Crippen molar-refractivity contribution in [3.63, 3.8) is 0 Å². The van der Waals surface area contributed by atoms with Gasteiger partial charge in [0.1, 0.15) is 17.8 Å². The highest BCUT2D eigenvalue weighted by Crippen LogP contribution is 2.20. The molecule has 0 saturated carbocycles. The summed E-state index contributed by atoms with van der Waals surface area (Å²) < 4.78 is 15.0. The first-order valence-electron chi connectivity index (χ1n) is 4.59. The lowest BCUT2D eigenvalue weighted by atomic mass is 10.2. The van der Waals surface area contributed by atoms with Crippen LogP contribution in [0.2, 0.25) is 0 Å². The summed E-state index contributed by atoms with van der Waals surface area (Å²) >= 11 is 0. The molecule has 1 aromatic carbocycles. The minimum absolute atomic E-state index is 0.185. The summed E-state index contributed by atoms with van der Waals surface area (Å²) in [6.45, 7) is 0. The van der Waals surface area contributed by atoms with Crippen LogP contribution in [0.25, 0.3) is 16.1 Å². The van der Waals surface area contributed by atoms with E-state index < -0.39 is 5.82 Å². The largest absolute Gasteiger partial charge is 0.303 e. The summed E-state index contributed by atoms with van der Waals surface area (Å²) in [5.41, 5.74) is 8.83. The molecule has 0 aliphatic carbocycles. The fourth-order valence-electron chi connectivity index (χ4n) is 1.35. The SMILES string of the molecule is [N-]=[N+]=Nc1ccc(-n2cnc(C=O)c2)c(F)c1. The van der Waals surface area contributed by atoms with Crippen molar-refractivity contribution in [1.82, 2.24) is 9.55 Å². The standard InChI is InChI=1S/C10H6FN5O/c11-9-3-7(14-15-12)1-2-10(9)16-4-8(5-17)13-6-16/h1-6H. The molecule has 1 aromatic heterocycles. The van der Waals surface area contributed by atoms with Crippen molar-refractivity contribution in [3.8, 4) is 5.69 Å². The lowest BCUT2D eigenvalue weighted by Crippen LogP contribution is -1.93. The Morgan fingerprint density at radius 2 is 2.35 bits per heavy atom. The minimum Gasteiger partial charge on any atom is -0.303 e. The summed E-state index contributed by atoms with van der Waals surface area (Å²) in [4.78, 5) is 16.8. The van der Waals surface area contributed by atoms with Crippen molar-refractivity contribution >= 4 is 12.0 Å². The van der Waals surface area contributed by atoms with E-state index in [0.29, 0.717) is 6.29 Å². The van der Waals surface area contributed by atoms with Crippen LogP contribution in [0.4, 0.5) is 10.1 Å². The maximum absolute atomic E-state index is 13.7. The number of hydrogen-bond acceptors (Lipinski definition) is 3. The molecular weight excluding hydrogens is 225 g/mol. The lowest BCUT2D eigenvalue weighted by molar-refractivity contribution is 0.111. The average Bonchev–Trinajstić information content (AvgIpc) is 2.78. The van der Waals surface area contributed by atoms with Gasteiger partial charge < -0.3 is 4.57 Å². The summed E-state index contributed by atoms with van der Waals surface area (Å²) in [5.74, 6) is -0.565. The van der Waals surface area contributed by atoms with E-state index in [1.807, 2.05) is 0 Å². The summed E-state index contributed by atoms with van der Waals surface area (Å²) in [5, 5.41) is 3.28. The lowest BCUT2D eigenvalue weighted by Gasteiger charge is -2.03. The van der Waals surface area contributed by atoms with Gasteiger partial charge in [-0.25, -0.2) is 9.37 Å². The van der Waals surface area contributed by atoms with E-state index in [2.05, 4.69) is 15.0 Å². The van der Waals surface area contributed by atoms with Gasteiger partial charge >= 0.3 is 0 Å². The quantitative estimate of drug-likeness (QED) is 0.352. The molecule has 0 aliphatic rings. The maximum atomic E-state index is 13.7. The van der Waals surface area contributed by atoms with Crippen molar-refractivity contribution in [2.24, 2.45) is 5.11 Å². The highest BCUT2D eigenvalue weighted by Gasteiger charge is 2.06. The molecule has 0 fully saturated rings. The number of rotatable bonds is 3. The van der Waals surface area contributed by atoms with Crippen molar-refractivity contribution in [1.29, 1.82) is 0 Å². The van der Waals surface area contributed by atoms with Crippen LogP contribution in [-0.4, -0.2) is 15.8 Å². The highest BCUT2D eigenvalue weighted by atomic mass is 19.1. The molecule has 0 saturated heterocycles. The predicted octanol–water partition coefficient (Wildman–Crippen LogP) is 2.77. The van der Waals surface area contributed by atoms with Gasteiger partial charge in [-0.3, -0.25) is 4.79 Å². The van der Waals surface area contributed by atoms with Crippen LogP contribution in [0.15, 0.2) is 35.8 Å². The van der Waals surface area contributed by atoms with Crippen LogP contribution in [-0.2, 0) is 0 Å². The Morgan fingerprint density at radius 3 is 2.94 bits per heavy atom. The second kappa shape index (κ2) is 4.46. The second-order valence-corrected chi connectivity index (χ2v) is 3.15. The van der Waals surface area contributed by atoms with Crippen molar-refractivity contribution in [3.05, 3.63) is 52.7 Å². The molecule has 6 nitrogen and oxygen atoms in total. The van der Waals surface area contributed by atoms with E-state index in [-0.39, 0.29) is 17.1 Å². The third kappa shape index (κ3) is 2.14. The van der Waals surface area contributed by atoms with Crippen LogP contribution >= 0.6 is 0 Å². The van der Waals surface area contributed by atoms with Gasteiger partial charge in [-0.2, -0.15) is 0 Å². The second-order valence-electron chi connectivity index (χ2n) is 3.15. The van der Waals surface area contributed by atoms with E-state index in [1.54, 1.807) is 0 Å². The van der Waals surface area contributed by atoms with Gasteiger partial charge in [0.05, 0.1) is 5.69 Å². The van der Waals surface area contributed by atoms with Crippen molar-refractivity contribution in [2.45, 2.75) is 0 Å². The molecule has 0 unspecified atom stereocenters. The summed E-state index contributed by atoms with van der Waals surface area (Å²) in [6.07, 6.45) is 3.30. The van der Waals surface area contributed by atoms with Crippen LogP contribution < -0.4 is 0 Å². The molecule has 2 rings (SSSR count). The van der Waals surface area contributed by atoms with Gasteiger partial charge in [-0.15, -0.1) is 0 Å². The van der Waals surface area contributed by atoms with E-state index in [4.69, 9.17) is 5.53 Å². The maximum Gasteiger partial charge on any atom is 0.170 e. The van der Waals surface area contributed by atoms with Crippen LogP contribution in [0, 0.1) is 5.82 Å². The Hall–Kier alpha value is -2.66. The zero-order chi connectivity index (χ0) is 12.3. The fourth-order valence-corrected chi connectivity index (χ4v) is 1.35. The molecule has 0 amide bonds. The smallest absolute Gasteiger partial charge is 0.170 e. The van der Waals surface area contributed by atoms with E-state index >= 15 is 0 Å². The monoisotopic (exact) mass is 231 g/mol. The highest BCUT2D eigenvalue weighted by molar-refractivity contribution is 5.71. The van der Waals surface area contributed by atoms with Gasteiger partial charge in [0.15, 0.2) is 6.29 Å². The summed E-state index contributed by atoms with van der Waals surface area (Å²) in [6, 6.07) is 4.02. The van der Waals surface area contributed by atoms with Crippen LogP contribution in [0.5, 0.6) is 0 Å². The van der Waals surface area contributed by atoms with Gasteiger partial charge in [0, 0.05) is 16.8 Å². The van der Waals surface area contributed by atoms with Crippen LogP contribution in [0.3, 0.4) is 0 Å². The molecule has 84 valence electrons. The first-order valence-corrected chi connectivity index (χ1v) is 4.59. The molecule has 7 heteroatoms. The van der Waals surface area contributed by atoms with Crippen LogP contribution in [0.1, 0.15) is 10.5 Å². The normalized spacial score (nSPS) is 9.71. The Bertz CT molecular complexity index is 615. The number of nitrogens with zero attached hydrogens (tertiary/aromatic N) is 5. The Kier molecular flexibility index (Phi) is 2.85. The number of carbonyl (C=O) groups is 1. The number of aldehydes is 1. The molecule has 0 aliphatic heterocycles. The molecule has 0 bridgehead atoms. The number of carbonyl (C=O) groups excluding carboxylic acids is 1. The zero-order valence-electron chi connectivity index (χ0n) is 8.49. The third-order valence-corrected chi connectivity index (χ3v) is 2.09.